The molecule has 1 unspecified atom stereocenters. The Morgan fingerprint density at radius 3 is 3.15 bits per heavy atom. The van der Waals surface area contributed by atoms with Crippen molar-refractivity contribution < 1.29 is 4.74 Å². The number of fused-ring (bicyclic) bond motifs is 1. The van der Waals surface area contributed by atoms with Gasteiger partial charge in [-0.1, -0.05) is 13.8 Å². The highest BCUT2D eigenvalue weighted by Crippen LogP contribution is 2.22. The minimum atomic E-state index is 0.410. The predicted molar refractivity (Wildman–Crippen MR) is 78.2 cm³/mol. The van der Waals surface area contributed by atoms with E-state index in [1.807, 2.05) is 10.7 Å². The summed E-state index contributed by atoms with van der Waals surface area (Å²) in [5.41, 5.74) is 2.03. The summed E-state index contributed by atoms with van der Waals surface area (Å²) < 4.78 is 7.73. The summed E-state index contributed by atoms with van der Waals surface area (Å²) in [5.74, 6) is 1.84. The zero-order valence-electron chi connectivity index (χ0n) is 12.2. The van der Waals surface area contributed by atoms with Gasteiger partial charge < -0.3 is 10.1 Å². The number of nitrogens with one attached hydrogen (secondary N) is 1. The molecule has 1 fully saturated rings. The van der Waals surface area contributed by atoms with Crippen LogP contribution in [0.15, 0.2) is 18.5 Å². The molecular weight excluding hydrogens is 252 g/mol. The monoisotopic (exact) mass is 274 g/mol. The van der Waals surface area contributed by atoms with Gasteiger partial charge >= 0.3 is 0 Å². The molecule has 0 aliphatic carbocycles. The molecule has 0 radical (unpaired) electrons. The van der Waals surface area contributed by atoms with Gasteiger partial charge in [-0.3, -0.25) is 0 Å². The largest absolute Gasteiger partial charge is 0.476 e. The number of ether oxygens (including phenoxy) is 1. The van der Waals surface area contributed by atoms with E-state index in [1.165, 1.54) is 6.42 Å². The first kappa shape index (κ1) is 13.4. The smallest absolute Gasteiger partial charge is 0.240 e. The lowest BCUT2D eigenvalue weighted by Crippen LogP contribution is -2.12. The molecule has 0 spiro atoms. The summed E-state index contributed by atoms with van der Waals surface area (Å²) in [4.78, 5) is 4.35. The molecule has 1 N–H and O–H groups in total. The minimum Gasteiger partial charge on any atom is -0.476 e. The number of rotatable bonds is 5. The van der Waals surface area contributed by atoms with Crippen LogP contribution < -0.4 is 10.1 Å². The van der Waals surface area contributed by atoms with Crippen LogP contribution in [0.1, 0.15) is 38.3 Å². The molecule has 0 amide bonds. The molecular formula is C15H22N4O. The Labute approximate surface area is 119 Å². The van der Waals surface area contributed by atoms with E-state index < -0.39 is 0 Å². The van der Waals surface area contributed by atoms with Crippen molar-refractivity contribution in [3.05, 3.63) is 24.2 Å². The average Bonchev–Trinajstić information content (AvgIpc) is 3.07. The standard InChI is InChI=1S/C15H22N4O/c1-11(2)13-9-14-15(17-6-7-19(14)18-13)20-8-4-12-3-5-16-10-12/h6-7,9,11-12,16H,3-5,8,10H2,1-2H3. The summed E-state index contributed by atoms with van der Waals surface area (Å²) in [6, 6.07) is 2.07. The second-order valence-electron chi connectivity index (χ2n) is 5.78. The van der Waals surface area contributed by atoms with E-state index in [2.05, 4.69) is 35.3 Å². The first-order chi connectivity index (χ1) is 9.74. The van der Waals surface area contributed by atoms with Gasteiger partial charge in [-0.25, -0.2) is 9.50 Å². The molecule has 1 aliphatic heterocycles. The highest BCUT2D eigenvalue weighted by molar-refractivity contribution is 5.56. The van der Waals surface area contributed by atoms with Gasteiger partial charge in [0.2, 0.25) is 5.88 Å². The first-order valence-corrected chi connectivity index (χ1v) is 7.42. The lowest BCUT2D eigenvalue weighted by molar-refractivity contribution is 0.276. The van der Waals surface area contributed by atoms with Crippen molar-refractivity contribution >= 4 is 5.52 Å². The molecule has 20 heavy (non-hydrogen) atoms. The topological polar surface area (TPSA) is 51.5 Å². The van der Waals surface area contributed by atoms with E-state index in [9.17, 15) is 0 Å². The molecule has 2 aromatic heterocycles. The second-order valence-corrected chi connectivity index (χ2v) is 5.78. The van der Waals surface area contributed by atoms with Crippen LogP contribution in [0, 0.1) is 5.92 Å². The van der Waals surface area contributed by atoms with E-state index in [0.717, 1.165) is 43.2 Å². The van der Waals surface area contributed by atoms with Crippen LogP contribution in [0.3, 0.4) is 0 Å². The molecule has 1 saturated heterocycles. The molecule has 5 nitrogen and oxygen atoms in total. The molecule has 0 saturated carbocycles. The van der Waals surface area contributed by atoms with Crippen LogP contribution in [0.4, 0.5) is 0 Å². The minimum absolute atomic E-state index is 0.410. The van der Waals surface area contributed by atoms with Gasteiger partial charge in [0.25, 0.3) is 0 Å². The summed E-state index contributed by atoms with van der Waals surface area (Å²) in [6.45, 7) is 7.26. The van der Waals surface area contributed by atoms with Gasteiger partial charge in [-0.05, 0) is 43.8 Å². The van der Waals surface area contributed by atoms with E-state index in [0.29, 0.717) is 11.8 Å². The number of hydrogen-bond donors (Lipinski definition) is 1. The van der Waals surface area contributed by atoms with Crippen LogP contribution in [0.5, 0.6) is 5.88 Å². The highest BCUT2D eigenvalue weighted by Gasteiger charge is 2.15. The van der Waals surface area contributed by atoms with Gasteiger partial charge in [0.05, 0.1) is 12.3 Å². The van der Waals surface area contributed by atoms with Gasteiger partial charge in [-0.2, -0.15) is 5.10 Å². The Kier molecular flexibility index (Phi) is 3.87. The van der Waals surface area contributed by atoms with Gasteiger partial charge in [0, 0.05) is 12.4 Å². The molecule has 108 valence electrons. The lowest BCUT2D eigenvalue weighted by atomic mass is 10.1. The third-order valence-corrected chi connectivity index (χ3v) is 3.89. The molecule has 1 atom stereocenters. The second kappa shape index (κ2) is 5.79. The summed E-state index contributed by atoms with van der Waals surface area (Å²) in [7, 11) is 0. The third-order valence-electron chi connectivity index (χ3n) is 3.89. The molecule has 2 aromatic rings. The van der Waals surface area contributed by atoms with Gasteiger partial charge in [-0.15, -0.1) is 0 Å². The Morgan fingerprint density at radius 1 is 1.50 bits per heavy atom. The van der Waals surface area contributed by atoms with E-state index in [4.69, 9.17) is 4.74 Å². The van der Waals surface area contributed by atoms with Crippen molar-refractivity contribution in [1.29, 1.82) is 0 Å². The zero-order chi connectivity index (χ0) is 13.9. The zero-order valence-corrected chi connectivity index (χ0v) is 12.2. The highest BCUT2D eigenvalue weighted by atomic mass is 16.5. The Bertz CT molecular complexity index is 572. The van der Waals surface area contributed by atoms with Crippen molar-refractivity contribution in [1.82, 2.24) is 19.9 Å². The number of hydrogen-bond acceptors (Lipinski definition) is 4. The maximum absolute atomic E-state index is 5.87. The van der Waals surface area contributed by atoms with Crippen molar-refractivity contribution in [3.8, 4) is 5.88 Å². The number of nitrogens with zero attached hydrogens (tertiary/aromatic N) is 3. The van der Waals surface area contributed by atoms with Crippen LogP contribution in [0.2, 0.25) is 0 Å². The van der Waals surface area contributed by atoms with Crippen molar-refractivity contribution in [2.45, 2.75) is 32.6 Å². The Balaban J connectivity index is 1.70. The maximum atomic E-state index is 5.87. The van der Waals surface area contributed by atoms with Gasteiger partial charge in [0.15, 0.2) is 0 Å². The van der Waals surface area contributed by atoms with Crippen LogP contribution in [-0.4, -0.2) is 34.3 Å². The van der Waals surface area contributed by atoms with Crippen LogP contribution in [-0.2, 0) is 0 Å². The molecule has 0 bridgehead atoms. The SMILES string of the molecule is CC(C)c1cc2c(OCCC3CCNC3)nccn2n1. The molecule has 5 heteroatoms. The van der Waals surface area contributed by atoms with E-state index >= 15 is 0 Å². The van der Waals surface area contributed by atoms with Crippen LogP contribution in [0.25, 0.3) is 5.52 Å². The average molecular weight is 274 g/mol. The van der Waals surface area contributed by atoms with E-state index in [1.54, 1.807) is 6.20 Å². The van der Waals surface area contributed by atoms with Crippen LogP contribution >= 0.6 is 0 Å². The Morgan fingerprint density at radius 2 is 2.40 bits per heavy atom. The quantitative estimate of drug-likeness (QED) is 0.908. The fourth-order valence-electron chi connectivity index (χ4n) is 2.59. The summed E-state index contributed by atoms with van der Waals surface area (Å²) in [6.07, 6.45) is 5.96. The van der Waals surface area contributed by atoms with Gasteiger partial charge in [0.1, 0.15) is 5.52 Å². The molecule has 3 heterocycles. The number of aromatic nitrogens is 3. The third kappa shape index (κ3) is 2.77. The summed E-state index contributed by atoms with van der Waals surface area (Å²) >= 11 is 0. The van der Waals surface area contributed by atoms with Crippen molar-refractivity contribution in [3.63, 3.8) is 0 Å². The van der Waals surface area contributed by atoms with Crippen molar-refractivity contribution in [2.75, 3.05) is 19.7 Å². The molecule has 0 aromatic carbocycles. The van der Waals surface area contributed by atoms with E-state index in [-0.39, 0.29) is 0 Å². The first-order valence-electron chi connectivity index (χ1n) is 7.42. The predicted octanol–water partition coefficient (Wildman–Crippen LogP) is 2.23. The fraction of sp³-hybridized carbons (Fsp3) is 0.600. The Hall–Kier alpha value is -1.62. The fourth-order valence-corrected chi connectivity index (χ4v) is 2.59. The van der Waals surface area contributed by atoms with Crippen molar-refractivity contribution in [2.24, 2.45) is 5.92 Å². The molecule has 1 aliphatic rings. The normalized spacial score (nSPS) is 19.1. The maximum Gasteiger partial charge on any atom is 0.240 e. The molecule has 3 rings (SSSR count). The summed E-state index contributed by atoms with van der Waals surface area (Å²) in [5, 5.41) is 7.93. The lowest BCUT2D eigenvalue weighted by Gasteiger charge is -2.09.